The van der Waals surface area contributed by atoms with Crippen molar-refractivity contribution in [1.29, 1.82) is 0 Å². The number of esters is 1. The minimum absolute atomic E-state index is 0.00639. The number of carbonyl (C=O) groups excluding carboxylic acids is 1. The van der Waals surface area contributed by atoms with E-state index in [1.54, 1.807) is 0 Å². The number of carbonyl (C=O) groups is 1. The molecule has 0 amide bonds. The van der Waals surface area contributed by atoms with Crippen LogP contribution in [-0.2, 0) is 9.53 Å². The summed E-state index contributed by atoms with van der Waals surface area (Å²) in [6.45, 7) is 2.39. The average molecular weight is 241 g/mol. The third-order valence-electron chi connectivity index (χ3n) is 2.28. The van der Waals surface area contributed by atoms with Gasteiger partial charge in [-0.3, -0.25) is 14.9 Å². The maximum absolute atomic E-state index is 13.5. The zero-order valence-electron chi connectivity index (χ0n) is 9.42. The number of nitro groups is 1. The van der Waals surface area contributed by atoms with E-state index in [1.165, 1.54) is 31.2 Å². The second kappa shape index (κ2) is 5.38. The van der Waals surface area contributed by atoms with Gasteiger partial charge in [0.25, 0.3) is 6.04 Å². The Bertz CT molecular complexity index is 435. The van der Waals surface area contributed by atoms with Crippen LogP contribution in [0.2, 0.25) is 0 Å². The summed E-state index contributed by atoms with van der Waals surface area (Å²) in [4.78, 5) is 21.0. The van der Waals surface area contributed by atoms with Gasteiger partial charge in [0.15, 0.2) is 6.10 Å². The van der Waals surface area contributed by atoms with Gasteiger partial charge in [0.2, 0.25) is 0 Å². The molecular weight excluding hydrogens is 229 g/mol. The van der Waals surface area contributed by atoms with Crippen molar-refractivity contribution < 1.29 is 18.8 Å². The molecule has 5 nitrogen and oxygen atoms in total. The maximum Gasteiger partial charge on any atom is 0.303 e. The average Bonchev–Trinajstić information content (AvgIpc) is 2.25. The zero-order chi connectivity index (χ0) is 13.0. The first-order chi connectivity index (χ1) is 7.93. The lowest BCUT2D eigenvalue weighted by Gasteiger charge is -2.18. The molecule has 92 valence electrons. The molecule has 0 aliphatic carbocycles. The molecule has 0 aliphatic heterocycles. The van der Waals surface area contributed by atoms with E-state index >= 15 is 0 Å². The first-order valence-corrected chi connectivity index (χ1v) is 4.98. The molecule has 0 saturated carbocycles. The van der Waals surface area contributed by atoms with E-state index in [9.17, 15) is 19.3 Å². The predicted octanol–water partition coefficient (Wildman–Crippen LogP) is 2.10. The number of nitrogens with zero attached hydrogens (tertiary/aromatic N) is 1. The molecule has 0 spiro atoms. The van der Waals surface area contributed by atoms with Crippen LogP contribution in [0.1, 0.15) is 25.5 Å². The molecule has 1 aromatic carbocycles. The third-order valence-corrected chi connectivity index (χ3v) is 2.28. The largest absolute Gasteiger partial charge is 0.450 e. The fraction of sp³-hybridized carbons (Fsp3) is 0.364. The summed E-state index contributed by atoms with van der Waals surface area (Å²) in [7, 11) is 0. The number of hydrogen-bond donors (Lipinski definition) is 0. The van der Waals surface area contributed by atoms with E-state index in [0.717, 1.165) is 6.92 Å². The van der Waals surface area contributed by atoms with Gasteiger partial charge in [0.1, 0.15) is 5.82 Å². The molecule has 0 saturated heterocycles. The summed E-state index contributed by atoms with van der Waals surface area (Å²) >= 11 is 0. The molecular formula is C11H12FNO4. The lowest BCUT2D eigenvalue weighted by Crippen LogP contribution is -2.28. The maximum atomic E-state index is 13.5. The van der Waals surface area contributed by atoms with Crippen molar-refractivity contribution in [2.75, 3.05) is 0 Å². The van der Waals surface area contributed by atoms with Crippen LogP contribution in [0, 0.1) is 15.9 Å². The Morgan fingerprint density at radius 1 is 1.47 bits per heavy atom. The van der Waals surface area contributed by atoms with Crippen LogP contribution >= 0.6 is 0 Å². The Morgan fingerprint density at radius 2 is 2.06 bits per heavy atom. The monoisotopic (exact) mass is 241 g/mol. The highest BCUT2D eigenvalue weighted by atomic mass is 19.1. The number of halogens is 1. The highest BCUT2D eigenvalue weighted by Gasteiger charge is 2.32. The van der Waals surface area contributed by atoms with E-state index in [0.29, 0.717) is 0 Å². The van der Waals surface area contributed by atoms with Crippen molar-refractivity contribution in [2.24, 2.45) is 0 Å². The molecule has 1 aromatic rings. The van der Waals surface area contributed by atoms with Gasteiger partial charge in [-0.15, -0.1) is 0 Å². The van der Waals surface area contributed by atoms with Crippen molar-refractivity contribution in [3.63, 3.8) is 0 Å². The molecule has 0 fully saturated rings. The van der Waals surface area contributed by atoms with Crippen LogP contribution in [-0.4, -0.2) is 16.9 Å². The topological polar surface area (TPSA) is 69.4 Å². The number of benzene rings is 1. The molecule has 0 aliphatic rings. The summed E-state index contributed by atoms with van der Waals surface area (Å²) in [5.41, 5.74) is 0.00639. The van der Waals surface area contributed by atoms with E-state index in [2.05, 4.69) is 0 Å². The van der Waals surface area contributed by atoms with Gasteiger partial charge in [0.05, 0.1) is 0 Å². The van der Waals surface area contributed by atoms with E-state index in [-0.39, 0.29) is 5.56 Å². The second-order valence-electron chi connectivity index (χ2n) is 3.58. The quantitative estimate of drug-likeness (QED) is 0.460. The normalized spacial score (nSPS) is 13.8. The third kappa shape index (κ3) is 3.24. The lowest BCUT2D eigenvalue weighted by molar-refractivity contribution is -0.530. The lowest BCUT2D eigenvalue weighted by atomic mass is 10.0. The standard InChI is InChI=1S/C11H12FNO4/c1-7(13(15)16)11(17-8(2)14)9-5-3-4-6-10(9)12/h3-7,11H,1-2H3. The van der Waals surface area contributed by atoms with E-state index in [1.807, 2.05) is 0 Å². The van der Waals surface area contributed by atoms with Crippen LogP contribution in [0.3, 0.4) is 0 Å². The van der Waals surface area contributed by atoms with Crippen molar-refractivity contribution in [2.45, 2.75) is 26.0 Å². The van der Waals surface area contributed by atoms with Crippen molar-refractivity contribution in [3.8, 4) is 0 Å². The Morgan fingerprint density at radius 3 is 2.53 bits per heavy atom. The molecule has 2 atom stereocenters. The van der Waals surface area contributed by atoms with Gasteiger partial charge in [-0.2, -0.15) is 0 Å². The molecule has 17 heavy (non-hydrogen) atoms. The summed E-state index contributed by atoms with van der Waals surface area (Å²) in [5.74, 6) is -1.32. The Hall–Kier alpha value is -1.98. The molecule has 0 bridgehead atoms. The Balaban J connectivity index is 3.10. The predicted molar refractivity (Wildman–Crippen MR) is 57.4 cm³/mol. The highest BCUT2D eigenvalue weighted by molar-refractivity contribution is 5.66. The van der Waals surface area contributed by atoms with Crippen LogP contribution in [0.5, 0.6) is 0 Å². The van der Waals surface area contributed by atoms with Crippen LogP contribution in [0.15, 0.2) is 24.3 Å². The molecule has 1 rings (SSSR count). The van der Waals surface area contributed by atoms with Gasteiger partial charge in [-0.05, 0) is 6.07 Å². The fourth-order valence-corrected chi connectivity index (χ4v) is 1.42. The minimum Gasteiger partial charge on any atom is -0.450 e. The first-order valence-electron chi connectivity index (χ1n) is 4.98. The molecule has 0 heterocycles. The molecule has 2 unspecified atom stereocenters. The van der Waals surface area contributed by atoms with Gasteiger partial charge in [0, 0.05) is 24.3 Å². The summed E-state index contributed by atoms with van der Waals surface area (Å²) in [6, 6.07) is 4.31. The molecule has 0 aromatic heterocycles. The Kier molecular flexibility index (Phi) is 4.14. The summed E-state index contributed by atoms with van der Waals surface area (Å²) in [6.07, 6.45) is -1.22. The van der Waals surface area contributed by atoms with Gasteiger partial charge < -0.3 is 4.74 Å². The van der Waals surface area contributed by atoms with Crippen LogP contribution < -0.4 is 0 Å². The fourth-order valence-electron chi connectivity index (χ4n) is 1.42. The van der Waals surface area contributed by atoms with E-state index in [4.69, 9.17) is 4.74 Å². The van der Waals surface area contributed by atoms with Gasteiger partial charge in [-0.25, -0.2) is 4.39 Å². The van der Waals surface area contributed by atoms with E-state index < -0.39 is 28.9 Å². The summed E-state index contributed by atoms with van der Waals surface area (Å²) in [5, 5.41) is 10.7. The Labute approximate surface area is 97.3 Å². The summed E-state index contributed by atoms with van der Waals surface area (Å²) < 4.78 is 18.3. The number of rotatable bonds is 4. The number of ether oxygens (including phenoxy) is 1. The minimum atomic E-state index is -1.22. The smallest absolute Gasteiger partial charge is 0.303 e. The van der Waals surface area contributed by atoms with Crippen LogP contribution in [0.25, 0.3) is 0 Å². The van der Waals surface area contributed by atoms with Crippen molar-refractivity contribution in [3.05, 3.63) is 45.8 Å². The second-order valence-corrected chi connectivity index (χ2v) is 3.58. The number of hydrogen-bond acceptors (Lipinski definition) is 4. The zero-order valence-corrected chi connectivity index (χ0v) is 9.42. The van der Waals surface area contributed by atoms with Crippen molar-refractivity contribution in [1.82, 2.24) is 0 Å². The molecule has 6 heteroatoms. The van der Waals surface area contributed by atoms with Crippen molar-refractivity contribution >= 4 is 5.97 Å². The highest BCUT2D eigenvalue weighted by Crippen LogP contribution is 2.25. The van der Waals surface area contributed by atoms with Gasteiger partial charge >= 0.3 is 5.97 Å². The SMILES string of the molecule is CC(=O)OC(c1ccccc1F)C(C)[N+](=O)[O-]. The van der Waals surface area contributed by atoms with Gasteiger partial charge in [-0.1, -0.05) is 18.2 Å². The first kappa shape index (κ1) is 13.1. The molecule has 0 radical (unpaired) electrons. The molecule has 0 N–H and O–H groups in total. The van der Waals surface area contributed by atoms with Crippen LogP contribution in [0.4, 0.5) is 4.39 Å².